The number of nitrogens with zero attached hydrogens (tertiary/aromatic N) is 3. The topological polar surface area (TPSA) is 115 Å². The first-order valence-electron chi connectivity index (χ1n) is 13.9. The summed E-state index contributed by atoms with van der Waals surface area (Å²) in [6.07, 6.45) is 1.52. The lowest BCUT2D eigenvalue weighted by Gasteiger charge is -2.24. The molecule has 0 spiro atoms. The number of aryl methyl sites for hydroxylation is 1. The van der Waals surface area contributed by atoms with E-state index in [1.807, 2.05) is 11.9 Å². The molecule has 1 saturated heterocycles. The molecule has 1 aromatic heterocycles. The summed E-state index contributed by atoms with van der Waals surface area (Å²) in [6, 6.07) is 13.2. The zero-order chi connectivity index (χ0) is 32.6. The quantitative estimate of drug-likeness (QED) is 0.291. The molecule has 1 fully saturated rings. The van der Waals surface area contributed by atoms with Gasteiger partial charge in [-0.2, -0.15) is 0 Å². The van der Waals surface area contributed by atoms with E-state index < -0.39 is 23.0 Å². The van der Waals surface area contributed by atoms with Crippen LogP contribution in [-0.4, -0.2) is 52.6 Å². The number of carbonyl (C=O) groups excluding carboxylic acids is 2. The standard InChI is InChI=1S/C32H30Cl2FN5O5/c1-38(18-13-27(41)36-14-18)15-22-24(35)11-17(12-26(22)45-4)19-7-5-8-20(28(19)33)21-9-6-10-25(29(21)34)37-30(42)23-16-39(2)32(44)40(3)31(23)43/h5-12,16,18H,13-15H2,1-4H3,(H,36,41)(H,37,42)/t18-/m1/s1. The predicted molar refractivity (Wildman–Crippen MR) is 172 cm³/mol. The number of amides is 2. The van der Waals surface area contributed by atoms with Crippen molar-refractivity contribution in [3.05, 3.63) is 103 Å². The van der Waals surface area contributed by atoms with Crippen LogP contribution < -0.4 is 26.6 Å². The van der Waals surface area contributed by atoms with Gasteiger partial charge in [0.05, 0.1) is 22.8 Å². The fourth-order valence-electron chi connectivity index (χ4n) is 5.34. The SMILES string of the molecule is COc1cc(-c2cccc(-c3cccc(NC(=O)c4cn(C)c(=O)n(C)c4=O)c3Cl)c2Cl)cc(F)c1CN(C)[C@H]1CNC(=O)C1. The molecular formula is C32H30Cl2FN5O5. The Labute approximate surface area is 267 Å². The molecule has 0 radical (unpaired) electrons. The summed E-state index contributed by atoms with van der Waals surface area (Å²) in [5, 5.41) is 5.89. The first-order valence-corrected chi connectivity index (χ1v) is 14.7. The van der Waals surface area contributed by atoms with Crippen LogP contribution in [0.15, 0.2) is 64.3 Å². The van der Waals surface area contributed by atoms with Crippen molar-refractivity contribution in [1.29, 1.82) is 0 Å². The van der Waals surface area contributed by atoms with E-state index in [2.05, 4.69) is 10.6 Å². The molecule has 0 saturated carbocycles. The Balaban J connectivity index is 1.47. The van der Waals surface area contributed by atoms with Gasteiger partial charge in [0.2, 0.25) is 5.91 Å². The van der Waals surface area contributed by atoms with E-state index >= 15 is 4.39 Å². The van der Waals surface area contributed by atoms with Crippen LogP contribution in [0.25, 0.3) is 22.3 Å². The molecule has 4 aromatic rings. The number of halogens is 3. The van der Waals surface area contributed by atoms with E-state index in [0.29, 0.717) is 46.5 Å². The molecule has 2 N–H and O–H groups in total. The number of aromatic nitrogens is 2. The first kappa shape index (κ1) is 32.0. The molecule has 1 aliphatic rings. The number of hydrogen-bond acceptors (Lipinski definition) is 6. The smallest absolute Gasteiger partial charge is 0.330 e. The molecule has 2 amide bonds. The molecule has 1 aliphatic heterocycles. The van der Waals surface area contributed by atoms with Gasteiger partial charge in [0.1, 0.15) is 17.1 Å². The van der Waals surface area contributed by atoms with Crippen LogP contribution >= 0.6 is 23.2 Å². The van der Waals surface area contributed by atoms with Gasteiger partial charge < -0.3 is 19.9 Å². The average molecular weight is 655 g/mol. The fourth-order valence-corrected chi connectivity index (χ4v) is 5.95. The van der Waals surface area contributed by atoms with Gasteiger partial charge in [0, 0.05) is 68.1 Å². The van der Waals surface area contributed by atoms with Gasteiger partial charge in [-0.15, -0.1) is 0 Å². The lowest BCUT2D eigenvalue weighted by Crippen LogP contribution is -2.40. The minimum absolute atomic E-state index is 0.0350. The maximum atomic E-state index is 15.6. The monoisotopic (exact) mass is 653 g/mol. The van der Waals surface area contributed by atoms with Gasteiger partial charge in [0.15, 0.2) is 0 Å². The van der Waals surface area contributed by atoms with Gasteiger partial charge >= 0.3 is 5.69 Å². The molecule has 3 aromatic carbocycles. The van der Waals surface area contributed by atoms with E-state index in [-0.39, 0.29) is 39.8 Å². The average Bonchev–Trinajstić information content (AvgIpc) is 3.46. The molecule has 13 heteroatoms. The maximum absolute atomic E-state index is 15.6. The number of carbonyl (C=O) groups is 2. The summed E-state index contributed by atoms with van der Waals surface area (Å²) in [6.45, 7) is 0.737. The van der Waals surface area contributed by atoms with Crippen LogP contribution in [0.4, 0.5) is 10.1 Å². The van der Waals surface area contributed by atoms with E-state index in [1.165, 1.54) is 33.5 Å². The number of anilines is 1. The summed E-state index contributed by atoms with van der Waals surface area (Å²) in [5.41, 5.74) is 1.04. The Morgan fingerprint density at radius 3 is 2.40 bits per heavy atom. The van der Waals surface area contributed by atoms with E-state index in [4.69, 9.17) is 27.9 Å². The second kappa shape index (κ2) is 12.9. The zero-order valence-electron chi connectivity index (χ0n) is 24.9. The van der Waals surface area contributed by atoms with Crippen LogP contribution in [0.1, 0.15) is 22.3 Å². The number of likely N-dealkylation sites (N-methyl/N-ethyl adjacent to an activating group) is 1. The van der Waals surface area contributed by atoms with E-state index in [0.717, 1.165) is 9.13 Å². The number of benzene rings is 3. The molecule has 0 aliphatic carbocycles. The highest BCUT2D eigenvalue weighted by Crippen LogP contribution is 2.42. The van der Waals surface area contributed by atoms with Crippen LogP contribution in [0, 0.1) is 5.82 Å². The van der Waals surface area contributed by atoms with Gasteiger partial charge in [-0.25, -0.2) is 9.18 Å². The van der Waals surface area contributed by atoms with Gasteiger partial charge in [0.25, 0.3) is 11.5 Å². The molecule has 0 unspecified atom stereocenters. The fraction of sp³-hybridized carbons (Fsp3) is 0.250. The van der Waals surface area contributed by atoms with Gasteiger partial charge in [-0.05, 0) is 30.8 Å². The molecule has 10 nitrogen and oxygen atoms in total. The Hall–Kier alpha value is -4.45. The summed E-state index contributed by atoms with van der Waals surface area (Å²) in [4.78, 5) is 51.2. The Kier molecular flexibility index (Phi) is 9.15. The third-order valence-electron chi connectivity index (χ3n) is 7.90. The lowest BCUT2D eigenvalue weighted by atomic mass is 9.97. The Morgan fingerprint density at radius 2 is 1.73 bits per heavy atom. The summed E-state index contributed by atoms with van der Waals surface area (Å²) in [5.74, 6) is -0.924. The van der Waals surface area contributed by atoms with Crippen molar-refractivity contribution in [2.24, 2.45) is 14.1 Å². The van der Waals surface area contributed by atoms with Crippen molar-refractivity contribution < 1.29 is 18.7 Å². The number of rotatable bonds is 8. The van der Waals surface area contributed by atoms with Crippen molar-refractivity contribution in [3.8, 4) is 28.0 Å². The number of methoxy groups -OCH3 is 1. The Bertz CT molecular complexity index is 1960. The summed E-state index contributed by atoms with van der Waals surface area (Å²) < 4.78 is 23.2. The minimum atomic E-state index is -0.746. The molecule has 45 heavy (non-hydrogen) atoms. The molecule has 0 bridgehead atoms. The second-order valence-electron chi connectivity index (χ2n) is 10.8. The molecule has 234 valence electrons. The molecule has 5 rings (SSSR count). The number of nitrogens with one attached hydrogen (secondary N) is 2. The van der Waals surface area contributed by atoms with Crippen molar-refractivity contribution in [1.82, 2.24) is 19.4 Å². The van der Waals surface area contributed by atoms with Gasteiger partial charge in [-0.3, -0.25) is 23.9 Å². The van der Waals surface area contributed by atoms with Crippen molar-refractivity contribution in [3.63, 3.8) is 0 Å². The second-order valence-corrected chi connectivity index (χ2v) is 11.6. The highest BCUT2D eigenvalue weighted by molar-refractivity contribution is 6.39. The van der Waals surface area contributed by atoms with Crippen LogP contribution in [0.5, 0.6) is 5.75 Å². The normalized spacial score (nSPS) is 14.5. The van der Waals surface area contributed by atoms with Gasteiger partial charge in [-0.1, -0.05) is 53.5 Å². The van der Waals surface area contributed by atoms with Crippen molar-refractivity contribution >= 4 is 40.7 Å². The van der Waals surface area contributed by atoms with Crippen LogP contribution in [-0.2, 0) is 25.4 Å². The Morgan fingerprint density at radius 1 is 1.07 bits per heavy atom. The molecular weight excluding hydrogens is 624 g/mol. The van der Waals surface area contributed by atoms with Crippen molar-refractivity contribution in [2.75, 3.05) is 26.0 Å². The third-order valence-corrected chi connectivity index (χ3v) is 8.71. The highest BCUT2D eigenvalue weighted by atomic mass is 35.5. The minimum Gasteiger partial charge on any atom is -0.496 e. The van der Waals surface area contributed by atoms with Crippen LogP contribution in [0.3, 0.4) is 0 Å². The van der Waals surface area contributed by atoms with E-state index in [1.54, 1.807) is 42.5 Å². The third kappa shape index (κ3) is 6.24. The summed E-state index contributed by atoms with van der Waals surface area (Å²) >= 11 is 13.7. The van der Waals surface area contributed by atoms with Crippen LogP contribution in [0.2, 0.25) is 10.0 Å². The maximum Gasteiger partial charge on any atom is 0.330 e. The number of hydrogen-bond donors (Lipinski definition) is 2. The molecule has 2 heterocycles. The molecule has 1 atom stereocenters. The van der Waals surface area contributed by atoms with E-state index in [9.17, 15) is 19.2 Å². The van der Waals surface area contributed by atoms with Crippen molar-refractivity contribution in [2.45, 2.75) is 19.0 Å². The lowest BCUT2D eigenvalue weighted by molar-refractivity contribution is -0.119. The first-order chi connectivity index (χ1) is 21.4. The highest BCUT2D eigenvalue weighted by Gasteiger charge is 2.27. The predicted octanol–water partition coefficient (Wildman–Crippen LogP) is 4.45. The summed E-state index contributed by atoms with van der Waals surface area (Å²) in [7, 11) is 6.02. The zero-order valence-corrected chi connectivity index (χ0v) is 26.4. The largest absolute Gasteiger partial charge is 0.496 e. The number of ether oxygens (including phenoxy) is 1.